The molecule has 0 saturated heterocycles. The third-order valence-electron chi connectivity index (χ3n) is 2.10. The minimum atomic E-state index is -4.49. The first-order chi connectivity index (χ1) is 8.30. The van der Waals surface area contributed by atoms with Crippen LogP contribution in [0.3, 0.4) is 0 Å². The summed E-state index contributed by atoms with van der Waals surface area (Å²) in [6, 6.07) is 2.01. The van der Waals surface area contributed by atoms with Crippen LogP contribution in [-0.2, 0) is 11.0 Å². The first kappa shape index (κ1) is 14.2. The van der Waals surface area contributed by atoms with Crippen molar-refractivity contribution in [3.05, 3.63) is 17.8 Å². The molecule has 1 aromatic heterocycles. The zero-order valence-electron chi connectivity index (χ0n) is 9.95. The Labute approximate surface area is 102 Å². The number of hydrogen-bond acceptors (Lipinski definition) is 4. The Balaban J connectivity index is 2.47. The Morgan fingerprint density at radius 2 is 2.00 bits per heavy atom. The van der Waals surface area contributed by atoms with Crippen LogP contribution in [0.2, 0.25) is 0 Å². The third kappa shape index (κ3) is 4.19. The number of nitrogens with zero attached hydrogens (tertiary/aromatic N) is 3. The van der Waals surface area contributed by atoms with Crippen LogP contribution in [0.1, 0.15) is 12.1 Å². The molecule has 8 heteroatoms. The van der Waals surface area contributed by atoms with Gasteiger partial charge in [-0.05, 0) is 12.1 Å². The Hall–Kier alpha value is -1.86. The minimum absolute atomic E-state index is 0.0811. The van der Waals surface area contributed by atoms with Crippen LogP contribution in [0.25, 0.3) is 0 Å². The van der Waals surface area contributed by atoms with Gasteiger partial charge in [0.25, 0.3) is 0 Å². The van der Waals surface area contributed by atoms with Gasteiger partial charge >= 0.3 is 6.18 Å². The van der Waals surface area contributed by atoms with Crippen molar-refractivity contribution in [2.45, 2.75) is 12.6 Å². The van der Waals surface area contributed by atoms with Crippen LogP contribution >= 0.6 is 0 Å². The average molecular weight is 262 g/mol. The van der Waals surface area contributed by atoms with Gasteiger partial charge in [-0.25, -0.2) is 0 Å². The number of amides is 1. The summed E-state index contributed by atoms with van der Waals surface area (Å²) in [5.74, 6) is 0.122. The summed E-state index contributed by atoms with van der Waals surface area (Å²) in [4.78, 5) is 12.7. The van der Waals surface area contributed by atoms with E-state index in [4.69, 9.17) is 0 Å². The first-order valence-corrected chi connectivity index (χ1v) is 5.15. The molecule has 1 heterocycles. The molecule has 18 heavy (non-hydrogen) atoms. The molecule has 0 unspecified atom stereocenters. The molecule has 0 spiro atoms. The van der Waals surface area contributed by atoms with Crippen molar-refractivity contribution < 1.29 is 18.0 Å². The van der Waals surface area contributed by atoms with E-state index in [2.05, 4.69) is 15.5 Å². The highest BCUT2D eigenvalue weighted by Crippen LogP contribution is 2.26. The molecule has 0 aliphatic carbocycles. The molecule has 0 radical (unpaired) electrons. The summed E-state index contributed by atoms with van der Waals surface area (Å²) < 4.78 is 36.6. The van der Waals surface area contributed by atoms with Gasteiger partial charge in [-0.2, -0.15) is 13.2 Å². The van der Waals surface area contributed by atoms with Gasteiger partial charge in [-0.1, -0.05) is 0 Å². The Morgan fingerprint density at radius 3 is 2.44 bits per heavy atom. The number of nitrogens with one attached hydrogen (secondary N) is 1. The van der Waals surface area contributed by atoms with Crippen LogP contribution < -0.4 is 5.32 Å². The smallest absolute Gasteiger partial charge is 0.368 e. The average Bonchev–Trinajstić information content (AvgIpc) is 2.28. The lowest BCUT2D eigenvalue weighted by atomic mass is 10.3. The number of halogens is 3. The minimum Gasteiger partial charge on any atom is -0.368 e. The number of anilines is 1. The number of hydrogen-bond donors (Lipinski definition) is 1. The summed E-state index contributed by atoms with van der Waals surface area (Å²) >= 11 is 0. The maximum atomic E-state index is 12.2. The van der Waals surface area contributed by atoms with Gasteiger partial charge < -0.3 is 10.2 Å². The predicted octanol–water partition coefficient (Wildman–Crippen LogP) is 1.39. The van der Waals surface area contributed by atoms with E-state index in [-0.39, 0.29) is 24.7 Å². The van der Waals surface area contributed by atoms with E-state index in [1.807, 2.05) is 0 Å². The van der Waals surface area contributed by atoms with E-state index in [1.54, 1.807) is 14.1 Å². The molecule has 0 aliphatic rings. The van der Waals surface area contributed by atoms with Crippen molar-refractivity contribution in [1.29, 1.82) is 0 Å². The molecule has 1 rings (SSSR count). The Bertz CT molecular complexity index is 403. The SMILES string of the molecule is CN(C)C(=O)CCNc1ccc(C(F)(F)F)nn1. The molecule has 1 aromatic rings. The molecule has 0 bridgehead atoms. The number of alkyl halides is 3. The lowest BCUT2D eigenvalue weighted by Gasteiger charge is -2.10. The van der Waals surface area contributed by atoms with Crippen molar-refractivity contribution in [2.24, 2.45) is 0 Å². The van der Waals surface area contributed by atoms with E-state index in [0.29, 0.717) is 0 Å². The van der Waals surface area contributed by atoms with Gasteiger partial charge in [0, 0.05) is 27.1 Å². The molecule has 0 saturated carbocycles. The summed E-state index contributed by atoms with van der Waals surface area (Å²) in [7, 11) is 3.25. The molecular formula is C10H13F3N4O. The van der Waals surface area contributed by atoms with Crippen molar-refractivity contribution in [3.8, 4) is 0 Å². The fourth-order valence-electron chi connectivity index (χ4n) is 1.10. The second kappa shape index (κ2) is 5.65. The lowest BCUT2D eigenvalue weighted by molar-refractivity contribution is -0.141. The van der Waals surface area contributed by atoms with Gasteiger partial charge in [0.1, 0.15) is 5.82 Å². The zero-order chi connectivity index (χ0) is 13.8. The quantitative estimate of drug-likeness (QED) is 0.890. The van der Waals surface area contributed by atoms with Gasteiger partial charge in [0.15, 0.2) is 5.69 Å². The highest BCUT2D eigenvalue weighted by molar-refractivity contribution is 5.76. The Morgan fingerprint density at radius 1 is 1.33 bits per heavy atom. The van der Waals surface area contributed by atoms with E-state index in [0.717, 1.165) is 6.07 Å². The van der Waals surface area contributed by atoms with E-state index < -0.39 is 11.9 Å². The zero-order valence-corrected chi connectivity index (χ0v) is 9.95. The van der Waals surface area contributed by atoms with Gasteiger partial charge in [-0.3, -0.25) is 4.79 Å². The van der Waals surface area contributed by atoms with Crippen molar-refractivity contribution in [1.82, 2.24) is 15.1 Å². The molecule has 5 nitrogen and oxygen atoms in total. The second-order valence-electron chi connectivity index (χ2n) is 3.77. The van der Waals surface area contributed by atoms with Crippen LogP contribution in [0, 0.1) is 0 Å². The van der Waals surface area contributed by atoms with E-state index in [1.165, 1.54) is 11.0 Å². The molecular weight excluding hydrogens is 249 g/mol. The molecule has 0 atom stereocenters. The molecule has 0 fully saturated rings. The number of rotatable bonds is 4. The molecule has 1 N–H and O–H groups in total. The highest BCUT2D eigenvalue weighted by Gasteiger charge is 2.32. The molecule has 100 valence electrons. The predicted molar refractivity (Wildman–Crippen MR) is 58.8 cm³/mol. The normalized spacial score (nSPS) is 11.2. The third-order valence-corrected chi connectivity index (χ3v) is 2.10. The van der Waals surface area contributed by atoms with Gasteiger partial charge in [-0.15, -0.1) is 10.2 Å². The maximum absolute atomic E-state index is 12.2. The van der Waals surface area contributed by atoms with E-state index in [9.17, 15) is 18.0 Å². The molecule has 0 aromatic carbocycles. The second-order valence-corrected chi connectivity index (χ2v) is 3.77. The topological polar surface area (TPSA) is 58.1 Å². The van der Waals surface area contributed by atoms with E-state index >= 15 is 0 Å². The summed E-state index contributed by atoms with van der Waals surface area (Å²) in [5.41, 5.74) is -1.04. The number of aromatic nitrogens is 2. The number of carbonyl (C=O) groups is 1. The van der Waals surface area contributed by atoms with Crippen molar-refractivity contribution in [2.75, 3.05) is 26.0 Å². The van der Waals surface area contributed by atoms with Crippen LogP contribution in [0.15, 0.2) is 12.1 Å². The van der Waals surface area contributed by atoms with Crippen molar-refractivity contribution >= 4 is 11.7 Å². The first-order valence-electron chi connectivity index (χ1n) is 5.15. The monoisotopic (exact) mass is 262 g/mol. The molecule has 1 amide bonds. The standard InChI is InChI=1S/C10H13F3N4O/c1-17(2)9(18)5-6-14-8-4-3-7(15-16-8)10(11,12)13/h3-4H,5-6H2,1-2H3,(H,14,16). The fourth-order valence-corrected chi connectivity index (χ4v) is 1.10. The fraction of sp³-hybridized carbons (Fsp3) is 0.500. The largest absolute Gasteiger partial charge is 0.435 e. The summed E-state index contributed by atoms with van der Waals surface area (Å²) in [6.45, 7) is 0.289. The van der Waals surface area contributed by atoms with Gasteiger partial charge in [0.2, 0.25) is 5.91 Å². The maximum Gasteiger partial charge on any atom is 0.435 e. The van der Waals surface area contributed by atoms with Gasteiger partial charge in [0.05, 0.1) is 0 Å². The lowest BCUT2D eigenvalue weighted by Crippen LogP contribution is -2.24. The van der Waals surface area contributed by atoms with Crippen LogP contribution in [-0.4, -0.2) is 41.6 Å². The number of carbonyl (C=O) groups excluding carboxylic acids is 1. The van der Waals surface area contributed by atoms with Crippen LogP contribution in [0.4, 0.5) is 19.0 Å². The Kier molecular flexibility index (Phi) is 4.46. The molecule has 0 aliphatic heterocycles. The summed E-state index contributed by atoms with van der Waals surface area (Å²) in [5, 5.41) is 9.15. The van der Waals surface area contributed by atoms with Crippen LogP contribution in [0.5, 0.6) is 0 Å². The summed E-state index contributed by atoms with van der Waals surface area (Å²) in [6.07, 6.45) is -4.26. The van der Waals surface area contributed by atoms with Crippen molar-refractivity contribution in [3.63, 3.8) is 0 Å². The highest BCUT2D eigenvalue weighted by atomic mass is 19.4.